The lowest BCUT2D eigenvalue weighted by Gasteiger charge is -2.10. The Morgan fingerprint density at radius 1 is 1.14 bits per heavy atom. The third-order valence-electron chi connectivity index (χ3n) is 2.52. The first-order valence-electron chi connectivity index (χ1n) is 5.53. The molecule has 21 heavy (non-hydrogen) atoms. The lowest BCUT2D eigenvalue weighted by atomic mass is 10.2. The highest BCUT2D eigenvalue weighted by molar-refractivity contribution is 9.11. The summed E-state index contributed by atoms with van der Waals surface area (Å²) in [6, 6.07) is 8.47. The molecule has 6 nitrogen and oxygen atoms in total. The van der Waals surface area contributed by atoms with Gasteiger partial charge in [0.2, 0.25) is 0 Å². The Labute approximate surface area is 135 Å². The van der Waals surface area contributed by atoms with E-state index in [9.17, 15) is 14.9 Å². The van der Waals surface area contributed by atoms with Crippen LogP contribution < -0.4 is 4.74 Å². The van der Waals surface area contributed by atoms with Crippen molar-refractivity contribution in [1.29, 1.82) is 0 Å². The average molecular weight is 417 g/mol. The number of non-ortho nitro benzene ring substituents is 1. The van der Waals surface area contributed by atoms with Gasteiger partial charge in [0.15, 0.2) is 5.75 Å². The van der Waals surface area contributed by atoms with Crippen molar-refractivity contribution in [3.8, 4) is 11.5 Å². The maximum Gasteiger partial charge on any atom is 0.335 e. The van der Waals surface area contributed by atoms with Gasteiger partial charge in [0.05, 0.1) is 19.4 Å². The number of nitro benzene ring substituents is 1. The molecule has 0 aliphatic rings. The minimum absolute atomic E-state index is 0.0812. The number of halogens is 2. The van der Waals surface area contributed by atoms with Crippen LogP contribution in [0.25, 0.3) is 0 Å². The van der Waals surface area contributed by atoms with Crippen molar-refractivity contribution in [2.75, 3.05) is 0 Å². The van der Waals surface area contributed by atoms with Gasteiger partial charge in [-0.25, -0.2) is 4.79 Å². The second-order valence-corrected chi connectivity index (χ2v) is 5.64. The quantitative estimate of drug-likeness (QED) is 0.580. The molecule has 2 rings (SSSR count). The zero-order valence-corrected chi connectivity index (χ0v) is 13.4. The zero-order valence-electron chi connectivity index (χ0n) is 10.2. The second-order valence-electron chi connectivity index (χ2n) is 3.93. The van der Waals surface area contributed by atoms with E-state index < -0.39 is 10.9 Å². The standard InChI is InChI=1S/C13H7Br2NO5/c14-10-5-8(16(19)20)6-11(15)12(10)21-9-3-1-7(2-4-9)13(17)18/h1-6H,(H,17,18). The molecule has 0 aliphatic heterocycles. The maximum atomic E-state index is 10.8. The monoisotopic (exact) mass is 415 g/mol. The molecule has 8 heteroatoms. The summed E-state index contributed by atoms with van der Waals surface area (Å²) in [5, 5.41) is 19.6. The highest BCUT2D eigenvalue weighted by atomic mass is 79.9. The number of benzene rings is 2. The highest BCUT2D eigenvalue weighted by Crippen LogP contribution is 2.39. The minimum atomic E-state index is -1.03. The summed E-state index contributed by atoms with van der Waals surface area (Å²) in [6.07, 6.45) is 0. The molecule has 0 atom stereocenters. The summed E-state index contributed by atoms with van der Waals surface area (Å²) in [6.45, 7) is 0. The van der Waals surface area contributed by atoms with Gasteiger partial charge in [0.25, 0.3) is 5.69 Å². The van der Waals surface area contributed by atoms with Crippen LogP contribution >= 0.6 is 31.9 Å². The van der Waals surface area contributed by atoms with Crippen LogP contribution in [-0.2, 0) is 0 Å². The third-order valence-corrected chi connectivity index (χ3v) is 3.69. The number of nitro groups is 1. The van der Waals surface area contributed by atoms with E-state index >= 15 is 0 Å². The van der Waals surface area contributed by atoms with Crippen molar-refractivity contribution in [2.45, 2.75) is 0 Å². The van der Waals surface area contributed by atoms with Crippen molar-refractivity contribution in [3.05, 3.63) is 61.0 Å². The van der Waals surface area contributed by atoms with E-state index in [4.69, 9.17) is 9.84 Å². The van der Waals surface area contributed by atoms with Crippen LogP contribution in [0.4, 0.5) is 5.69 Å². The lowest BCUT2D eigenvalue weighted by Crippen LogP contribution is -1.96. The van der Waals surface area contributed by atoms with Crippen LogP contribution in [0.2, 0.25) is 0 Å². The summed E-state index contributed by atoms with van der Waals surface area (Å²) in [5.74, 6) is -0.252. The molecule has 0 radical (unpaired) electrons. The Hall–Kier alpha value is -1.93. The van der Waals surface area contributed by atoms with E-state index in [1.54, 1.807) is 0 Å². The van der Waals surface area contributed by atoms with Crippen LogP contribution in [0.5, 0.6) is 11.5 Å². The second kappa shape index (κ2) is 6.23. The molecule has 0 heterocycles. The summed E-state index contributed by atoms with van der Waals surface area (Å²) in [5.41, 5.74) is 0.0616. The Morgan fingerprint density at radius 2 is 1.67 bits per heavy atom. The van der Waals surface area contributed by atoms with Gasteiger partial charge in [-0.1, -0.05) is 0 Å². The Balaban J connectivity index is 2.31. The maximum absolute atomic E-state index is 10.8. The predicted octanol–water partition coefficient (Wildman–Crippen LogP) is 4.61. The Kier molecular flexibility index (Phi) is 4.59. The fourth-order valence-corrected chi connectivity index (χ4v) is 2.86. The van der Waals surface area contributed by atoms with Crippen molar-refractivity contribution < 1.29 is 19.6 Å². The van der Waals surface area contributed by atoms with Gasteiger partial charge < -0.3 is 9.84 Å². The summed E-state index contributed by atoms with van der Waals surface area (Å²) >= 11 is 6.42. The van der Waals surface area contributed by atoms with Gasteiger partial charge in [-0.3, -0.25) is 10.1 Å². The number of hydrogen-bond donors (Lipinski definition) is 1. The van der Waals surface area contributed by atoms with Crippen molar-refractivity contribution in [3.63, 3.8) is 0 Å². The molecule has 0 amide bonds. The molecule has 0 saturated heterocycles. The van der Waals surface area contributed by atoms with Crippen molar-refractivity contribution in [1.82, 2.24) is 0 Å². The van der Waals surface area contributed by atoms with Crippen LogP contribution in [0.3, 0.4) is 0 Å². The topological polar surface area (TPSA) is 89.7 Å². The van der Waals surface area contributed by atoms with E-state index in [0.29, 0.717) is 20.4 Å². The van der Waals surface area contributed by atoms with Gasteiger partial charge in [-0.2, -0.15) is 0 Å². The van der Waals surface area contributed by atoms with Gasteiger partial charge in [0.1, 0.15) is 5.75 Å². The van der Waals surface area contributed by atoms with Crippen LogP contribution in [0.1, 0.15) is 10.4 Å². The molecular formula is C13H7Br2NO5. The number of carboxylic acid groups (broad SMARTS) is 1. The van der Waals surface area contributed by atoms with Gasteiger partial charge in [-0.05, 0) is 56.1 Å². The van der Waals surface area contributed by atoms with Gasteiger partial charge in [-0.15, -0.1) is 0 Å². The van der Waals surface area contributed by atoms with E-state index in [1.807, 2.05) is 0 Å². The average Bonchev–Trinajstić information content (AvgIpc) is 2.43. The molecule has 0 fully saturated rings. The molecule has 0 saturated carbocycles. The zero-order chi connectivity index (χ0) is 15.6. The molecule has 0 unspecified atom stereocenters. The van der Waals surface area contributed by atoms with E-state index in [0.717, 1.165) is 0 Å². The fraction of sp³-hybridized carbons (Fsp3) is 0. The van der Waals surface area contributed by atoms with E-state index in [-0.39, 0.29) is 11.3 Å². The minimum Gasteiger partial charge on any atom is -0.478 e. The molecule has 2 aromatic rings. The first-order valence-corrected chi connectivity index (χ1v) is 7.11. The summed E-state index contributed by atoms with van der Waals surface area (Å²) in [7, 11) is 0. The molecule has 108 valence electrons. The Morgan fingerprint density at radius 3 is 2.10 bits per heavy atom. The molecule has 0 aromatic heterocycles. The smallest absolute Gasteiger partial charge is 0.335 e. The largest absolute Gasteiger partial charge is 0.478 e. The van der Waals surface area contributed by atoms with Crippen LogP contribution in [0, 0.1) is 10.1 Å². The fourth-order valence-electron chi connectivity index (χ4n) is 1.53. The van der Waals surface area contributed by atoms with Crippen molar-refractivity contribution >= 4 is 43.5 Å². The normalized spacial score (nSPS) is 10.2. The predicted molar refractivity (Wildman–Crippen MR) is 82.0 cm³/mol. The third kappa shape index (κ3) is 3.59. The Bertz CT molecular complexity index is 692. The number of aromatic carboxylic acids is 1. The number of carboxylic acids is 1. The number of carbonyl (C=O) groups is 1. The number of rotatable bonds is 4. The molecule has 1 N–H and O–H groups in total. The molecule has 2 aromatic carbocycles. The lowest BCUT2D eigenvalue weighted by molar-refractivity contribution is -0.385. The number of hydrogen-bond acceptors (Lipinski definition) is 4. The van der Waals surface area contributed by atoms with Crippen LogP contribution in [0.15, 0.2) is 45.3 Å². The summed E-state index contributed by atoms with van der Waals surface area (Å²) in [4.78, 5) is 21.0. The number of ether oxygens (including phenoxy) is 1. The highest BCUT2D eigenvalue weighted by Gasteiger charge is 2.16. The molecule has 0 spiro atoms. The van der Waals surface area contributed by atoms with Gasteiger partial charge in [0, 0.05) is 12.1 Å². The molecule has 0 aliphatic carbocycles. The van der Waals surface area contributed by atoms with E-state index in [2.05, 4.69) is 31.9 Å². The van der Waals surface area contributed by atoms with Gasteiger partial charge >= 0.3 is 5.97 Å². The SMILES string of the molecule is O=C(O)c1ccc(Oc2c(Br)cc([N+](=O)[O-])cc2Br)cc1. The van der Waals surface area contributed by atoms with E-state index in [1.165, 1.54) is 36.4 Å². The molecular weight excluding hydrogens is 410 g/mol. The molecule has 0 bridgehead atoms. The summed E-state index contributed by atoms with van der Waals surface area (Å²) < 4.78 is 6.42. The van der Waals surface area contributed by atoms with Crippen molar-refractivity contribution in [2.24, 2.45) is 0 Å². The first kappa shape index (κ1) is 15.5. The number of nitrogens with zero attached hydrogens (tertiary/aromatic N) is 1. The van der Waals surface area contributed by atoms with Crippen LogP contribution in [-0.4, -0.2) is 16.0 Å². The first-order chi connectivity index (χ1) is 9.88.